The van der Waals surface area contributed by atoms with Gasteiger partial charge in [0.25, 0.3) is 11.7 Å². The standard InChI is InChI=1S/C24H17ClFNO4/c25-18-12-16(8-11-19(18)28)21-20(22(29)15-4-2-1-3-5-15)23(30)24(31)27(21)13-14-6-9-17(26)10-7-14/h1-12,21,28-29H,13H2/b22-20-. The molecule has 0 radical (unpaired) electrons. The molecule has 0 aromatic heterocycles. The van der Waals surface area contributed by atoms with Crippen LogP contribution in [-0.4, -0.2) is 26.8 Å². The summed E-state index contributed by atoms with van der Waals surface area (Å²) < 4.78 is 13.3. The zero-order valence-corrected chi connectivity index (χ0v) is 16.9. The molecule has 1 saturated heterocycles. The molecule has 3 aromatic rings. The third-order valence-corrected chi connectivity index (χ3v) is 5.44. The highest BCUT2D eigenvalue weighted by atomic mass is 35.5. The summed E-state index contributed by atoms with van der Waals surface area (Å²) in [6.45, 7) is 0.0135. The lowest BCUT2D eigenvalue weighted by atomic mass is 9.95. The summed E-state index contributed by atoms with van der Waals surface area (Å²) in [6.07, 6.45) is 0. The summed E-state index contributed by atoms with van der Waals surface area (Å²) >= 11 is 6.08. The average molecular weight is 438 g/mol. The number of hydrogen-bond acceptors (Lipinski definition) is 4. The molecule has 3 aromatic carbocycles. The van der Waals surface area contributed by atoms with Gasteiger partial charge in [-0.15, -0.1) is 0 Å². The number of phenols is 1. The number of benzene rings is 3. The molecule has 1 atom stereocenters. The summed E-state index contributed by atoms with van der Waals surface area (Å²) in [5.74, 6) is -2.51. The van der Waals surface area contributed by atoms with Gasteiger partial charge < -0.3 is 15.1 Å². The van der Waals surface area contributed by atoms with Crippen LogP contribution in [0.15, 0.2) is 78.4 Å². The molecule has 7 heteroatoms. The van der Waals surface area contributed by atoms with Gasteiger partial charge >= 0.3 is 0 Å². The largest absolute Gasteiger partial charge is 0.507 e. The van der Waals surface area contributed by atoms with Gasteiger partial charge in [-0.3, -0.25) is 9.59 Å². The van der Waals surface area contributed by atoms with E-state index in [2.05, 4.69) is 0 Å². The first-order valence-electron chi connectivity index (χ1n) is 9.43. The molecule has 4 rings (SSSR count). The van der Waals surface area contributed by atoms with Crippen molar-refractivity contribution in [2.45, 2.75) is 12.6 Å². The van der Waals surface area contributed by atoms with Crippen LogP contribution in [0.4, 0.5) is 4.39 Å². The lowest BCUT2D eigenvalue weighted by molar-refractivity contribution is -0.140. The Morgan fingerprint density at radius 1 is 1.00 bits per heavy atom. The molecular weight excluding hydrogens is 421 g/mol. The van der Waals surface area contributed by atoms with Gasteiger partial charge in [-0.05, 0) is 35.4 Å². The number of amides is 1. The molecule has 5 nitrogen and oxygen atoms in total. The number of ketones is 1. The van der Waals surface area contributed by atoms with E-state index in [0.717, 1.165) is 0 Å². The Morgan fingerprint density at radius 3 is 2.32 bits per heavy atom. The van der Waals surface area contributed by atoms with E-state index in [1.807, 2.05) is 0 Å². The first-order valence-corrected chi connectivity index (χ1v) is 9.81. The zero-order valence-electron chi connectivity index (χ0n) is 16.1. The molecule has 0 spiro atoms. The molecule has 1 aliphatic rings. The third-order valence-electron chi connectivity index (χ3n) is 5.14. The van der Waals surface area contributed by atoms with Gasteiger partial charge in [0.1, 0.15) is 17.3 Å². The molecule has 0 saturated carbocycles. The number of hydrogen-bond donors (Lipinski definition) is 2. The Labute approximate surface area is 182 Å². The van der Waals surface area contributed by atoms with Crippen molar-refractivity contribution in [2.24, 2.45) is 0 Å². The summed E-state index contributed by atoms with van der Waals surface area (Å²) in [7, 11) is 0. The molecule has 31 heavy (non-hydrogen) atoms. The molecule has 2 N–H and O–H groups in total. The summed E-state index contributed by atoms with van der Waals surface area (Å²) in [4.78, 5) is 27.2. The fraction of sp³-hybridized carbons (Fsp3) is 0.0833. The maximum absolute atomic E-state index is 13.3. The Bertz CT molecular complexity index is 1190. The molecule has 1 amide bonds. The second-order valence-electron chi connectivity index (χ2n) is 7.13. The molecular formula is C24H17ClFNO4. The van der Waals surface area contributed by atoms with Crippen molar-refractivity contribution < 1.29 is 24.2 Å². The molecule has 156 valence electrons. The third kappa shape index (κ3) is 3.90. The topological polar surface area (TPSA) is 77.8 Å². The Balaban J connectivity index is 1.87. The zero-order chi connectivity index (χ0) is 22.1. The van der Waals surface area contributed by atoms with Crippen LogP contribution in [-0.2, 0) is 16.1 Å². The number of aliphatic hydroxyl groups excluding tert-OH is 1. The van der Waals surface area contributed by atoms with E-state index in [0.29, 0.717) is 16.7 Å². The summed E-state index contributed by atoms with van der Waals surface area (Å²) in [5, 5.41) is 20.8. The van der Waals surface area contributed by atoms with Crippen LogP contribution in [0.25, 0.3) is 5.76 Å². The number of carbonyl (C=O) groups is 2. The second-order valence-corrected chi connectivity index (χ2v) is 7.54. The maximum atomic E-state index is 13.3. The van der Waals surface area contributed by atoms with Crippen LogP contribution in [0.5, 0.6) is 5.75 Å². The number of rotatable bonds is 4. The van der Waals surface area contributed by atoms with Crippen molar-refractivity contribution in [3.8, 4) is 5.75 Å². The van der Waals surface area contributed by atoms with Crippen molar-refractivity contribution in [2.75, 3.05) is 0 Å². The van der Waals surface area contributed by atoms with E-state index < -0.39 is 23.5 Å². The van der Waals surface area contributed by atoms with Gasteiger partial charge in [0.2, 0.25) is 0 Å². The van der Waals surface area contributed by atoms with Gasteiger partial charge in [0, 0.05) is 12.1 Å². The second kappa shape index (κ2) is 8.24. The number of aliphatic hydroxyl groups is 1. The van der Waals surface area contributed by atoms with Crippen molar-refractivity contribution in [1.82, 2.24) is 4.90 Å². The predicted octanol–water partition coefficient (Wildman–Crippen LogP) is 4.81. The van der Waals surface area contributed by atoms with E-state index >= 15 is 0 Å². The van der Waals surface area contributed by atoms with Crippen molar-refractivity contribution in [3.63, 3.8) is 0 Å². The highest BCUT2D eigenvalue weighted by Gasteiger charge is 2.46. The fourth-order valence-corrected chi connectivity index (χ4v) is 3.81. The lowest BCUT2D eigenvalue weighted by Crippen LogP contribution is -2.29. The predicted molar refractivity (Wildman–Crippen MR) is 114 cm³/mol. The summed E-state index contributed by atoms with van der Waals surface area (Å²) in [5.41, 5.74) is 1.36. The Hall–Kier alpha value is -3.64. The minimum atomic E-state index is -0.941. The Kier molecular flexibility index (Phi) is 5.48. The number of likely N-dealkylation sites (tertiary alicyclic amines) is 1. The van der Waals surface area contributed by atoms with Crippen LogP contribution in [0.2, 0.25) is 5.02 Å². The van der Waals surface area contributed by atoms with Crippen molar-refractivity contribution in [3.05, 3.63) is 106 Å². The smallest absolute Gasteiger partial charge is 0.295 e. The molecule has 1 heterocycles. The fourth-order valence-electron chi connectivity index (χ4n) is 3.62. The first kappa shape index (κ1) is 20.6. The SMILES string of the molecule is O=C1C(=O)N(Cc2ccc(F)cc2)C(c2ccc(O)c(Cl)c2)/C1=C(/O)c1ccccc1. The van der Waals surface area contributed by atoms with E-state index in [4.69, 9.17) is 11.6 Å². The molecule has 1 fully saturated rings. The number of phenolic OH excluding ortho intramolecular Hbond substituents is 1. The minimum absolute atomic E-state index is 0.0135. The van der Waals surface area contributed by atoms with Crippen LogP contribution >= 0.6 is 11.6 Å². The molecule has 1 aliphatic heterocycles. The van der Waals surface area contributed by atoms with Crippen LogP contribution in [0.1, 0.15) is 22.7 Å². The van der Waals surface area contributed by atoms with Gasteiger partial charge in [0.15, 0.2) is 0 Å². The highest BCUT2D eigenvalue weighted by molar-refractivity contribution is 6.46. The van der Waals surface area contributed by atoms with Crippen molar-refractivity contribution in [1.29, 1.82) is 0 Å². The van der Waals surface area contributed by atoms with E-state index in [9.17, 15) is 24.2 Å². The van der Waals surface area contributed by atoms with E-state index in [-0.39, 0.29) is 28.6 Å². The van der Waals surface area contributed by atoms with E-state index in [1.54, 1.807) is 30.3 Å². The monoisotopic (exact) mass is 437 g/mol. The van der Waals surface area contributed by atoms with Crippen LogP contribution in [0, 0.1) is 5.82 Å². The molecule has 1 unspecified atom stereocenters. The average Bonchev–Trinajstić information content (AvgIpc) is 3.02. The van der Waals surface area contributed by atoms with Gasteiger partial charge in [-0.25, -0.2) is 4.39 Å². The number of carbonyl (C=O) groups excluding carboxylic acids is 2. The van der Waals surface area contributed by atoms with Gasteiger partial charge in [-0.1, -0.05) is 60.1 Å². The normalized spacial score (nSPS) is 17.9. The maximum Gasteiger partial charge on any atom is 0.295 e. The van der Waals surface area contributed by atoms with Crippen LogP contribution in [0.3, 0.4) is 0 Å². The van der Waals surface area contributed by atoms with Crippen LogP contribution < -0.4 is 0 Å². The minimum Gasteiger partial charge on any atom is -0.507 e. The number of nitrogens with zero attached hydrogens (tertiary/aromatic N) is 1. The number of aromatic hydroxyl groups is 1. The molecule has 0 aliphatic carbocycles. The summed E-state index contributed by atoms with van der Waals surface area (Å²) in [6, 6.07) is 17.4. The molecule has 0 bridgehead atoms. The van der Waals surface area contributed by atoms with Gasteiger partial charge in [0.05, 0.1) is 16.6 Å². The van der Waals surface area contributed by atoms with Gasteiger partial charge in [-0.2, -0.15) is 0 Å². The lowest BCUT2D eigenvalue weighted by Gasteiger charge is -2.25. The highest BCUT2D eigenvalue weighted by Crippen LogP contribution is 2.41. The first-order chi connectivity index (χ1) is 14.9. The quantitative estimate of drug-likeness (QED) is 0.349. The number of Topliss-reactive ketones (excluding diaryl/α,β-unsaturated/α-hetero) is 1. The van der Waals surface area contributed by atoms with E-state index in [1.165, 1.54) is 47.4 Å². The Morgan fingerprint density at radius 2 is 1.68 bits per heavy atom. The van der Waals surface area contributed by atoms with Crippen molar-refractivity contribution >= 4 is 29.1 Å². The number of halogens is 2.